The molecule has 0 fully saturated rings. The van der Waals surface area contributed by atoms with Gasteiger partial charge in [0, 0.05) is 13.0 Å². The van der Waals surface area contributed by atoms with E-state index in [1.54, 1.807) is 0 Å². The second-order valence-electron chi connectivity index (χ2n) is 7.96. The van der Waals surface area contributed by atoms with Crippen LogP contribution in [0.5, 0.6) is 0 Å². The van der Waals surface area contributed by atoms with Crippen molar-refractivity contribution >= 4 is 53.3 Å². The highest BCUT2D eigenvalue weighted by atomic mass is 32.2. The van der Waals surface area contributed by atoms with Crippen molar-refractivity contribution in [3.8, 4) is 0 Å². The van der Waals surface area contributed by atoms with Crippen molar-refractivity contribution in [1.29, 1.82) is 0 Å². The maximum absolute atomic E-state index is 13.0. The molecule has 4 amide bonds. The molecule has 17 heteroatoms. The van der Waals surface area contributed by atoms with E-state index in [-0.39, 0.29) is 38.2 Å². The number of hydrogen-bond donors (Lipinski definition) is 9. The van der Waals surface area contributed by atoms with Gasteiger partial charge in [0.1, 0.15) is 18.1 Å². The fraction of sp³-hybridized carbons (Fsp3) is 0.650. The van der Waals surface area contributed by atoms with Gasteiger partial charge in [0.2, 0.25) is 23.6 Å². The smallest absolute Gasteiger partial charge is 0.326 e. The van der Waals surface area contributed by atoms with Crippen LogP contribution in [0.4, 0.5) is 0 Å². The van der Waals surface area contributed by atoms with Crippen molar-refractivity contribution in [2.45, 2.75) is 62.7 Å². The Balaban J connectivity index is 5.67. The number of guanidine groups is 1. The van der Waals surface area contributed by atoms with Crippen molar-refractivity contribution in [2.24, 2.45) is 27.9 Å². The average molecular weight is 549 g/mol. The first kappa shape index (κ1) is 33.4. The zero-order valence-electron chi connectivity index (χ0n) is 20.5. The van der Waals surface area contributed by atoms with Gasteiger partial charge in [0.25, 0.3) is 0 Å². The molecule has 0 saturated heterocycles. The van der Waals surface area contributed by atoms with E-state index in [1.165, 1.54) is 11.8 Å². The number of amides is 4. The van der Waals surface area contributed by atoms with Crippen molar-refractivity contribution < 1.29 is 39.0 Å². The third-order valence-corrected chi connectivity index (χ3v) is 5.50. The molecule has 0 aliphatic heterocycles. The summed E-state index contributed by atoms with van der Waals surface area (Å²) >= 11 is 1.48. The third-order valence-electron chi connectivity index (χ3n) is 4.85. The first-order valence-corrected chi connectivity index (χ1v) is 12.6. The molecule has 13 N–H and O–H groups in total. The Morgan fingerprint density at radius 3 is 1.86 bits per heavy atom. The molecule has 0 bridgehead atoms. The number of rotatable bonds is 19. The standard InChI is InChI=1S/C20H36N8O8S/c1-37-8-6-10(21)16(32)26-11(3-2-7-25-20(23)24)17(33)27-12(4-5-14(22)29)18(34)28-13(19(35)36)9-15(30)31/h10-13H,2-9,21H2,1H3,(H2,22,29)(H,26,32)(H,27,33)(H,28,34)(H,30,31)(H,35,36)(H4,23,24,25). The van der Waals surface area contributed by atoms with E-state index in [4.69, 9.17) is 28.0 Å². The molecule has 0 aromatic carbocycles. The number of nitrogens with one attached hydrogen (secondary N) is 3. The lowest BCUT2D eigenvalue weighted by molar-refractivity contribution is -0.147. The predicted molar refractivity (Wildman–Crippen MR) is 135 cm³/mol. The lowest BCUT2D eigenvalue weighted by atomic mass is 10.1. The van der Waals surface area contributed by atoms with Gasteiger partial charge >= 0.3 is 11.9 Å². The number of nitrogens with two attached hydrogens (primary N) is 4. The van der Waals surface area contributed by atoms with Crippen LogP contribution in [-0.2, 0) is 28.8 Å². The fourth-order valence-electron chi connectivity index (χ4n) is 2.90. The van der Waals surface area contributed by atoms with Gasteiger partial charge in [-0.25, -0.2) is 4.79 Å². The Labute approximate surface area is 217 Å². The Morgan fingerprint density at radius 2 is 1.38 bits per heavy atom. The van der Waals surface area contributed by atoms with Crippen molar-refractivity contribution in [3.05, 3.63) is 0 Å². The van der Waals surface area contributed by atoms with Gasteiger partial charge in [-0.1, -0.05) is 0 Å². The molecule has 0 aromatic rings. The second-order valence-corrected chi connectivity index (χ2v) is 8.95. The number of aliphatic carboxylic acids is 2. The molecule has 4 unspecified atom stereocenters. The molecular weight excluding hydrogens is 512 g/mol. The van der Waals surface area contributed by atoms with Crippen LogP contribution in [0.1, 0.15) is 38.5 Å². The highest BCUT2D eigenvalue weighted by Crippen LogP contribution is 2.06. The van der Waals surface area contributed by atoms with Crippen LogP contribution in [0.15, 0.2) is 4.99 Å². The number of aliphatic imine (C=N–C) groups is 1. The van der Waals surface area contributed by atoms with E-state index >= 15 is 0 Å². The molecule has 0 aliphatic carbocycles. The summed E-state index contributed by atoms with van der Waals surface area (Å²) in [5, 5.41) is 25.0. The summed E-state index contributed by atoms with van der Waals surface area (Å²) < 4.78 is 0. The van der Waals surface area contributed by atoms with Crippen molar-refractivity contribution in [3.63, 3.8) is 0 Å². The van der Waals surface area contributed by atoms with Crippen molar-refractivity contribution in [2.75, 3.05) is 18.6 Å². The van der Waals surface area contributed by atoms with Crippen LogP contribution in [0.25, 0.3) is 0 Å². The summed E-state index contributed by atoms with van der Waals surface area (Å²) in [6.07, 6.45) is 0.907. The highest BCUT2D eigenvalue weighted by molar-refractivity contribution is 7.98. The average Bonchev–Trinajstić information content (AvgIpc) is 2.80. The Hall–Kier alpha value is -3.60. The Kier molecular flexibility index (Phi) is 16.0. The minimum absolute atomic E-state index is 0.0462. The first-order chi connectivity index (χ1) is 17.3. The van der Waals surface area contributed by atoms with Gasteiger partial charge in [-0.3, -0.25) is 29.0 Å². The van der Waals surface area contributed by atoms with Crippen molar-refractivity contribution in [1.82, 2.24) is 16.0 Å². The quantitative estimate of drug-likeness (QED) is 0.0429. The molecular formula is C20H36N8O8S. The Bertz CT molecular complexity index is 852. The van der Waals surface area contributed by atoms with E-state index in [9.17, 15) is 33.9 Å². The van der Waals surface area contributed by atoms with Crippen LogP contribution < -0.4 is 38.9 Å². The normalized spacial score (nSPS) is 13.8. The SMILES string of the molecule is CSCCC(N)C(=O)NC(CCCN=C(N)N)C(=O)NC(CCC(N)=O)C(=O)NC(CC(=O)O)C(=O)O. The van der Waals surface area contributed by atoms with E-state index in [1.807, 2.05) is 11.6 Å². The maximum Gasteiger partial charge on any atom is 0.326 e. The van der Waals surface area contributed by atoms with Crippen LogP contribution in [0, 0.1) is 0 Å². The molecule has 0 spiro atoms. The van der Waals surface area contributed by atoms with E-state index in [0.29, 0.717) is 12.2 Å². The lowest BCUT2D eigenvalue weighted by Crippen LogP contribution is -2.57. The van der Waals surface area contributed by atoms with E-state index < -0.39 is 66.2 Å². The molecule has 0 saturated carbocycles. The molecule has 0 aliphatic rings. The largest absolute Gasteiger partial charge is 0.481 e. The topological polar surface area (TPSA) is 295 Å². The molecule has 0 aromatic heterocycles. The third kappa shape index (κ3) is 15.2. The van der Waals surface area contributed by atoms with Crippen LogP contribution in [0.2, 0.25) is 0 Å². The number of nitrogens with zero attached hydrogens (tertiary/aromatic N) is 1. The molecule has 0 heterocycles. The summed E-state index contributed by atoms with van der Waals surface area (Å²) in [6.45, 7) is 0.140. The van der Waals surface area contributed by atoms with Gasteiger partial charge in [0.05, 0.1) is 12.5 Å². The van der Waals surface area contributed by atoms with Crippen LogP contribution >= 0.6 is 11.8 Å². The van der Waals surface area contributed by atoms with Crippen LogP contribution in [-0.4, -0.2) is 94.5 Å². The number of primary amides is 1. The summed E-state index contributed by atoms with van der Waals surface area (Å²) in [5.41, 5.74) is 21.6. The molecule has 16 nitrogen and oxygen atoms in total. The number of thioether (sulfide) groups is 1. The maximum atomic E-state index is 13.0. The highest BCUT2D eigenvalue weighted by Gasteiger charge is 2.31. The zero-order valence-corrected chi connectivity index (χ0v) is 21.3. The Morgan fingerprint density at radius 1 is 0.838 bits per heavy atom. The van der Waals surface area contributed by atoms with E-state index in [0.717, 1.165) is 0 Å². The minimum Gasteiger partial charge on any atom is -0.481 e. The van der Waals surface area contributed by atoms with Gasteiger partial charge in [-0.15, -0.1) is 0 Å². The molecule has 37 heavy (non-hydrogen) atoms. The summed E-state index contributed by atoms with van der Waals surface area (Å²) in [6, 6.07) is -5.33. The summed E-state index contributed by atoms with van der Waals surface area (Å²) in [7, 11) is 0. The fourth-order valence-corrected chi connectivity index (χ4v) is 3.39. The summed E-state index contributed by atoms with van der Waals surface area (Å²) in [5.74, 6) is -5.94. The minimum atomic E-state index is -1.79. The molecule has 0 rings (SSSR count). The second kappa shape index (κ2) is 17.8. The van der Waals surface area contributed by atoms with E-state index in [2.05, 4.69) is 15.6 Å². The zero-order chi connectivity index (χ0) is 28.5. The van der Waals surface area contributed by atoms with Gasteiger partial charge < -0.3 is 49.1 Å². The predicted octanol–water partition coefficient (Wildman–Crippen LogP) is -3.60. The molecule has 0 radical (unpaired) electrons. The number of carboxylic acids is 2. The number of carboxylic acid groups (broad SMARTS) is 2. The van der Waals surface area contributed by atoms with Gasteiger partial charge in [0.15, 0.2) is 5.96 Å². The van der Waals surface area contributed by atoms with Gasteiger partial charge in [-0.2, -0.15) is 11.8 Å². The first-order valence-electron chi connectivity index (χ1n) is 11.2. The lowest BCUT2D eigenvalue weighted by Gasteiger charge is -2.25. The number of carbonyl (C=O) groups excluding carboxylic acids is 4. The van der Waals surface area contributed by atoms with Crippen LogP contribution in [0.3, 0.4) is 0 Å². The monoisotopic (exact) mass is 548 g/mol. The number of hydrogen-bond acceptors (Lipinski definition) is 9. The number of carbonyl (C=O) groups is 6. The van der Waals surface area contributed by atoms with Gasteiger partial charge in [-0.05, 0) is 37.7 Å². The molecule has 210 valence electrons. The molecule has 4 atom stereocenters. The summed E-state index contributed by atoms with van der Waals surface area (Å²) in [4.78, 5) is 75.5.